The van der Waals surface area contributed by atoms with Crippen molar-refractivity contribution in [2.75, 3.05) is 18.6 Å². The van der Waals surface area contributed by atoms with Gasteiger partial charge in [-0.05, 0) is 91.3 Å². The van der Waals surface area contributed by atoms with Crippen LogP contribution in [0.15, 0.2) is 91.4 Å². The molecule has 11 heteroatoms. The Bertz CT molecular complexity index is 2180. The van der Waals surface area contributed by atoms with Crippen LogP contribution in [0.2, 0.25) is 0 Å². The Morgan fingerprint density at radius 2 is 1.61 bits per heavy atom. The minimum atomic E-state index is -0.679. The monoisotopic (exact) mass is 682 g/mol. The molecule has 6 aromatic rings. The predicted octanol–water partition coefficient (Wildman–Crippen LogP) is 7.63. The minimum absolute atomic E-state index is 0.0957. The number of hydrogen-bond donors (Lipinski definition) is 3. The van der Waals surface area contributed by atoms with Crippen LogP contribution in [0, 0.1) is 5.92 Å². The largest absolute Gasteiger partial charge is 0.453 e. The maximum atomic E-state index is 13.7. The molecule has 4 atom stereocenters. The van der Waals surface area contributed by atoms with E-state index in [4.69, 9.17) is 9.72 Å². The fraction of sp³-hybridized carbons (Fsp3) is 0.325. The van der Waals surface area contributed by atoms with Crippen molar-refractivity contribution < 1.29 is 14.3 Å². The Hall–Kier alpha value is -5.71. The second kappa shape index (κ2) is 13.5. The second-order valence-electron chi connectivity index (χ2n) is 13.9. The third-order valence-electron chi connectivity index (χ3n) is 10.5. The van der Waals surface area contributed by atoms with Crippen molar-refractivity contribution in [2.24, 2.45) is 5.92 Å². The lowest BCUT2D eigenvalue weighted by atomic mass is 10.0. The van der Waals surface area contributed by atoms with Crippen LogP contribution in [0.1, 0.15) is 74.6 Å². The number of hydrogen-bond acceptors (Lipinski definition) is 7. The van der Waals surface area contributed by atoms with E-state index in [0.29, 0.717) is 6.54 Å². The topological polar surface area (TPSA) is 132 Å². The van der Waals surface area contributed by atoms with Gasteiger partial charge >= 0.3 is 6.09 Å². The first kappa shape index (κ1) is 32.5. The molecule has 0 bridgehead atoms. The van der Waals surface area contributed by atoms with Crippen molar-refractivity contribution in [1.29, 1.82) is 0 Å². The van der Waals surface area contributed by atoms with Gasteiger partial charge in [-0.15, -0.1) is 0 Å². The number of amides is 2. The Kier molecular flexibility index (Phi) is 8.63. The van der Waals surface area contributed by atoms with Gasteiger partial charge in [0.05, 0.1) is 59.3 Å². The highest BCUT2D eigenvalue weighted by Crippen LogP contribution is 2.48. The zero-order chi connectivity index (χ0) is 35.1. The number of alkyl carbamates (subject to hydrolysis) is 1. The van der Waals surface area contributed by atoms with Gasteiger partial charge in [0.2, 0.25) is 5.91 Å². The fourth-order valence-corrected chi connectivity index (χ4v) is 7.92. The van der Waals surface area contributed by atoms with Crippen LogP contribution in [0.5, 0.6) is 0 Å². The number of ether oxygens (including phenoxy) is 1. The summed E-state index contributed by atoms with van der Waals surface area (Å²) >= 11 is 0. The number of nitrogens with zero attached hydrogens (tertiary/aromatic N) is 5. The van der Waals surface area contributed by atoms with E-state index in [1.165, 1.54) is 18.2 Å². The number of nitrogens with one attached hydrogen (secondary N) is 3. The van der Waals surface area contributed by atoms with Crippen molar-refractivity contribution in [3.8, 4) is 11.3 Å². The van der Waals surface area contributed by atoms with Crippen molar-refractivity contribution in [2.45, 2.75) is 63.7 Å². The molecule has 2 aliphatic rings. The number of carbonyl (C=O) groups excluding carboxylic acids is 2. The van der Waals surface area contributed by atoms with Gasteiger partial charge in [0.1, 0.15) is 11.9 Å². The van der Waals surface area contributed by atoms with E-state index < -0.39 is 12.1 Å². The van der Waals surface area contributed by atoms with Gasteiger partial charge in [-0.2, -0.15) is 0 Å². The Labute approximate surface area is 296 Å². The molecule has 2 fully saturated rings. The quantitative estimate of drug-likeness (QED) is 0.150. The van der Waals surface area contributed by atoms with Gasteiger partial charge in [-0.3, -0.25) is 9.78 Å². The molecule has 3 N–H and O–H groups in total. The van der Waals surface area contributed by atoms with E-state index in [9.17, 15) is 9.59 Å². The molecule has 0 aliphatic carbocycles. The molecule has 3 aromatic carbocycles. The lowest BCUT2D eigenvalue weighted by Crippen LogP contribution is -2.51. The van der Waals surface area contributed by atoms with Crippen LogP contribution in [0.4, 0.5) is 10.5 Å². The predicted molar refractivity (Wildman–Crippen MR) is 197 cm³/mol. The SMILES string of the molecule is COC(=O)NC(C(=O)N1CCC[C@H]1c1nc2cc([C@H]3CC[C@H](c4ccc5[nH]cnc5c4)N3c3ccc(-c4ccccn4)cc3)ccc2[nH]1)C(C)C. The van der Waals surface area contributed by atoms with Crippen LogP contribution < -0.4 is 10.2 Å². The molecule has 0 radical (unpaired) electrons. The van der Waals surface area contributed by atoms with Crippen molar-refractivity contribution in [3.63, 3.8) is 0 Å². The molecule has 0 saturated carbocycles. The molecule has 2 aliphatic heterocycles. The van der Waals surface area contributed by atoms with Gasteiger partial charge in [-0.25, -0.2) is 14.8 Å². The number of carbonyl (C=O) groups is 2. The molecule has 1 unspecified atom stereocenters. The Morgan fingerprint density at radius 1 is 0.863 bits per heavy atom. The van der Waals surface area contributed by atoms with Gasteiger partial charge in [0.25, 0.3) is 0 Å². The third-order valence-corrected chi connectivity index (χ3v) is 10.5. The first-order chi connectivity index (χ1) is 24.9. The number of anilines is 1. The molecule has 51 heavy (non-hydrogen) atoms. The van der Waals surface area contributed by atoms with Crippen molar-refractivity contribution in [1.82, 2.24) is 35.1 Å². The van der Waals surface area contributed by atoms with E-state index in [0.717, 1.165) is 70.5 Å². The van der Waals surface area contributed by atoms with Crippen molar-refractivity contribution >= 4 is 39.8 Å². The number of fused-ring (bicyclic) bond motifs is 2. The zero-order valence-electron chi connectivity index (χ0n) is 29.0. The van der Waals surface area contributed by atoms with Crippen LogP contribution in [-0.4, -0.2) is 61.5 Å². The smallest absolute Gasteiger partial charge is 0.407 e. The molecule has 0 spiro atoms. The number of rotatable bonds is 8. The summed E-state index contributed by atoms with van der Waals surface area (Å²) < 4.78 is 4.80. The summed E-state index contributed by atoms with van der Waals surface area (Å²) in [6.45, 7) is 4.46. The highest BCUT2D eigenvalue weighted by atomic mass is 16.5. The third kappa shape index (κ3) is 6.17. The van der Waals surface area contributed by atoms with Crippen molar-refractivity contribution in [3.05, 3.63) is 108 Å². The summed E-state index contributed by atoms with van der Waals surface area (Å²) in [6.07, 6.45) is 6.59. The highest BCUT2D eigenvalue weighted by molar-refractivity contribution is 5.86. The highest BCUT2D eigenvalue weighted by Gasteiger charge is 2.39. The number of H-pyrrole nitrogens is 2. The average Bonchev–Trinajstić information content (AvgIpc) is 3.98. The molecular formula is C40H42N8O3. The second-order valence-corrected chi connectivity index (χ2v) is 13.9. The van der Waals surface area contributed by atoms with E-state index >= 15 is 0 Å². The van der Waals surface area contributed by atoms with Gasteiger partial charge in [-0.1, -0.05) is 44.2 Å². The summed E-state index contributed by atoms with van der Waals surface area (Å²) in [5.41, 5.74) is 9.41. The number of imidazole rings is 2. The van der Waals surface area contributed by atoms with E-state index in [1.54, 1.807) is 6.33 Å². The fourth-order valence-electron chi connectivity index (χ4n) is 7.92. The first-order valence-corrected chi connectivity index (χ1v) is 17.8. The first-order valence-electron chi connectivity index (χ1n) is 17.8. The number of benzene rings is 3. The minimum Gasteiger partial charge on any atom is -0.453 e. The van der Waals surface area contributed by atoms with E-state index in [1.807, 2.05) is 43.1 Å². The van der Waals surface area contributed by atoms with Crippen LogP contribution in [0.3, 0.4) is 0 Å². The van der Waals surface area contributed by atoms with Gasteiger partial charge in [0.15, 0.2) is 0 Å². The number of methoxy groups -OCH3 is 1. The molecular weight excluding hydrogens is 640 g/mol. The molecule has 8 rings (SSSR count). The normalized spacial score (nSPS) is 19.6. The zero-order valence-corrected chi connectivity index (χ0v) is 29.0. The Morgan fingerprint density at radius 3 is 2.31 bits per heavy atom. The number of aromatic amines is 2. The van der Waals surface area contributed by atoms with E-state index in [-0.39, 0.29) is 30.0 Å². The molecule has 5 heterocycles. The van der Waals surface area contributed by atoms with Crippen LogP contribution in [-0.2, 0) is 9.53 Å². The average molecular weight is 683 g/mol. The maximum absolute atomic E-state index is 13.7. The Balaban J connectivity index is 1.11. The molecule has 2 amide bonds. The van der Waals surface area contributed by atoms with Crippen LogP contribution >= 0.6 is 0 Å². The number of aromatic nitrogens is 5. The number of likely N-dealkylation sites (tertiary alicyclic amines) is 1. The summed E-state index contributed by atoms with van der Waals surface area (Å²) in [5, 5.41) is 2.74. The maximum Gasteiger partial charge on any atom is 0.407 e. The van der Waals surface area contributed by atoms with Gasteiger partial charge < -0.3 is 29.8 Å². The summed E-state index contributed by atoms with van der Waals surface area (Å²) in [6, 6.07) is 27.2. The number of pyridine rings is 1. The summed E-state index contributed by atoms with van der Waals surface area (Å²) in [5.74, 6) is 0.558. The summed E-state index contributed by atoms with van der Waals surface area (Å²) in [4.78, 5) is 51.1. The van der Waals surface area contributed by atoms with E-state index in [2.05, 4.69) is 90.8 Å². The molecule has 3 aromatic heterocycles. The van der Waals surface area contributed by atoms with Crippen LogP contribution in [0.25, 0.3) is 33.3 Å². The lowest BCUT2D eigenvalue weighted by molar-refractivity contribution is -0.135. The molecule has 260 valence electrons. The lowest BCUT2D eigenvalue weighted by Gasteiger charge is -2.33. The standard InChI is InChI=1S/C40H42N8O3/c1-24(2)37(46-40(50)51-3)39(49)47-20-6-8-36(47)38-44-31-16-12-27(22-33(31)45-38)35-18-17-34(26-11-15-30-32(21-26)43-23-42-30)48(35)28-13-9-25(10-14-28)29-7-4-5-19-41-29/h4-5,7,9-16,19,21-24,34-37H,6,8,17-18,20H2,1-3H3,(H,42,43)(H,44,45)(H,46,50)/t34-,35-,36+,37?/m1/s1. The van der Waals surface area contributed by atoms with Gasteiger partial charge in [0, 0.05) is 24.0 Å². The summed E-state index contributed by atoms with van der Waals surface area (Å²) in [7, 11) is 1.31. The molecule has 2 saturated heterocycles. The molecule has 11 nitrogen and oxygen atoms in total.